The number of carbonyl (C=O) groups is 1. The SMILES string of the molecule is Cc1ccccc1OCC(=O)NCCn1nc(C(F)(F)F)c2c1CCOC2. The first kappa shape index (κ1) is 19.2. The second kappa shape index (κ2) is 7.99. The van der Waals surface area contributed by atoms with Crippen LogP contribution in [-0.4, -0.2) is 35.4 Å². The molecule has 2 heterocycles. The molecule has 27 heavy (non-hydrogen) atoms. The molecule has 1 aromatic carbocycles. The van der Waals surface area contributed by atoms with Crippen molar-refractivity contribution in [3.63, 3.8) is 0 Å². The summed E-state index contributed by atoms with van der Waals surface area (Å²) in [6, 6.07) is 7.31. The molecule has 0 fully saturated rings. The smallest absolute Gasteiger partial charge is 0.435 e. The summed E-state index contributed by atoms with van der Waals surface area (Å²) in [5.74, 6) is 0.266. The molecular formula is C18H20F3N3O3. The van der Waals surface area contributed by atoms with Crippen molar-refractivity contribution in [2.45, 2.75) is 32.7 Å². The van der Waals surface area contributed by atoms with Crippen molar-refractivity contribution in [2.24, 2.45) is 0 Å². The van der Waals surface area contributed by atoms with Crippen molar-refractivity contribution < 1.29 is 27.4 Å². The summed E-state index contributed by atoms with van der Waals surface area (Å²) in [5.41, 5.74) is 0.601. The standard InChI is InChI=1S/C18H20F3N3O3/c1-12-4-2-3-5-15(12)27-11-16(25)22-7-8-24-14-6-9-26-10-13(14)17(23-24)18(19,20)21/h2-5H,6-11H2,1H3,(H,22,25). The molecule has 1 aliphatic heterocycles. The van der Waals surface area contributed by atoms with Crippen LogP contribution < -0.4 is 10.1 Å². The number of aromatic nitrogens is 2. The van der Waals surface area contributed by atoms with E-state index in [-0.39, 0.29) is 37.8 Å². The number of aryl methyl sites for hydroxylation is 1. The molecule has 1 amide bonds. The van der Waals surface area contributed by atoms with Crippen molar-refractivity contribution >= 4 is 5.91 Å². The number of fused-ring (bicyclic) bond motifs is 1. The lowest BCUT2D eigenvalue weighted by molar-refractivity contribution is -0.142. The molecule has 0 saturated carbocycles. The highest BCUT2D eigenvalue weighted by Gasteiger charge is 2.39. The molecule has 2 aromatic rings. The summed E-state index contributed by atoms with van der Waals surface area (Å²) in [6.07, 6.45) is -4.16. The average molecular weight is 383 g/mol. The predicted molar refractivity (Wildman–Crippen MR) is 90.3 cm³/mol. The van der Waals surface area contributed by atoms with Crippen molar-refractivity contribution in [3.8, 4) is 5.75 Å². The monoisotopic (exact) mass is 383 g/mol. The van der Waals surface area contributed by atoms with Crippen molar-refractivity contribution in [2.75, 3.05) is 19.8 Å². The molecule has 6 nitrogen and oxygen atoms in total. The van der Waals surface area contributed by atoms with Crippen LogP contribution in [0.25, 0.3) is 0 Å². The maximum Gasteiger partial charge on any atom is 0.435 e. The fourth-order valence-electron chi connectivity index (χ4n) is 2.94. The van der Waals surface area contributed by atoms with Crippen molar-refractivity contribution in [1.29, 1.82) is 0 Å². The molecule has 146 valence electrons. The minimum Gasteiger partial charge on any atom is -0.484 e. The largest absolute Gasteiger partial charge is 0.484 e. The number of ether oxygens (including phenoxy) is 2. The summed E-state index contributed by atoms with van der Waals surface area (Å²) in [6.45, 7) is 2.27. The third-order valence-corrected chi connectivity index (χ3v) is 4.26. The van der Waals surface area contributed by atoms with Crippen LogP contribution in [0.1, 0.15) is 22.5 Å². The van der Waals surface area contributed by atoms with Gasteiger partial charge in [-0.25, -0.2) is 0 Å². The first-order valence-electron chi connectivity index (χ1n) is 8.55. The lowest BCUT2D eigenvalue weighted by Gasteiger charge is -2.15. The van der Waals surface area contributed by atoms with Crippen LogP contribution in [0.3, 0.4) is 0 Å². The van der Waals surface area contributed by atoms with Gasteiger partial charge < -0.3 is 14.8 Å². The second-order valence-electron chi connectivity index (χ2n) is 6.20. The van der Waals surface area contributed by atoms with E-state index < -0.39 is 11.9 Å². The Kier molecular flexibility index (Phi) is 5.69. The lowest BCUT2D eigenvalue weighted by Crippen LogP contribution is -2.32. The molecule has 0 unspecified atom stereocenters. The molecule has 0 atom stereocenters. The van der Waals surface area contributed by atoms with Crippen LogP contribution in [0.2, 0.25) is 0 Å². The van der Waals surface area contributed by atoms with Gasteiger partial charge in [-0.05, 0) is 18.6 Å². The Labute approximate surface area is 154 Å². The highest BCUT2D eigenvalue weighted by Crippen LogP contribution is 2.34. The summed E-state index contributed by atoms with van der Waals surface area (Å²) in [7, 11) is 0. The molecule has 9 heteroatoms. The predicted octanol–water partition coefficient (Wildman–Crippen LogP) is 2.48. The van der Waals surface area contributed by atoms with Crippen LogP contribution in [-0.2, 0) is 35.3 Å². The fraction of sp³-hybridized carbons (Fsp3) is 0.444. The summed E-state index contributed by atoms with van der Waals surface area (Å²) in [4.78, 5) is 11.9. The van der Waals surface area contributed by atoms with Gasteiger partial charge in [0.1, 0.15) is 5.75 Å². The van der Waals surface area contributed by atoms with E-state index in [0.29, 0.717) is 24.5 Å². The number of nitrogens with zero attached hydrogens (tertiary/aromatic N) is 2. The molecule has 0 radical (unpaired) electrons. The molecule has 1 aromatic heterocycles. The topological polar surface area (TPSA) is 65.4 Å². The van der Waals surface area contributed by atoms with Gasteiger partial charge in [-0.1, -0.05) is 18.2 Å². The van der Waals surface area contributed by atoms with Crippen molar-refractivity contribution in [3.05, 3.63) is 46.8 Å². The number of amides is 1. The molecule has 0 saturated heterocycles. The molecule has 0 spiro atoms. The number of hydrogen-bond donors (Lipinski definition) is 1. The van der Waals surface area contributed by atoms with E-state index in [9.17, 15) is 18.0 Å². The quantitative estimate of drug-likeness (QED) is 0.832. The summed E-state index contributed by atoms with van der Waals surface area (Å²) in [5, 5.41) is 6.33. The van der Waals surface area contributed by atoms with Crippen LogP contribution in [0, 0.1) is 6.92 Å². The van der Waals surface area contributed by atoms with E-state index in [1.165, 1.54) is 4.68 Å². The highest BCUT2D eigenvalue weighted by atomic mass is 19.4. The third-order valence-electron chi connectivity index (χ3n) is 4.26. The van der Waals surface area contributed by atoms with Gasteiger partial charge in [0.2, 0.25) is 0 Å². The average Bonchev–Trinajstić information content (AvgIpc) is 3.00. The molecule has 1 aliphatic rings. The zero-order valence-electron chi connectivity index (χ0n) is 14.8. The Morgan fingerprint density at radius 3 is 2.89 bits per heavy atom. The lowest BCUT2D eigenvalue weighted by atomic mass is 10.1. The first-order valence-corrected chi connectivity index (χ1v) is 8.55. The number of alkyl halides is 3. The number of rotatable bonds is 6. The Hall–Kier alpha value is -2.55. The minimum absolute atomic E-state index is 0.0861. The molecule has 0 bridgehead atoms. The van der Waals surface area contributed by atoms with Gasteiger partial charge in [0, 0.05) is 24.2 Å². The minimum atomic E-state index is -4.53. The van der Waals surface area contributed by atoms with Gasteiger partial charge in [-0.2, -0.15) is 18.3 Å². The third kappa shape index (κ3) is 4.60. The van der Waals surface area contributed by atoms with Crippen LogP contribution in [0.5, 0.6) is 5.75 Å². The van der Waals surface area contributed by atoms with Crippen LogP contribution in [0.15, 0.2) is 24.3 Å². The van der Waals surface area contributed by atoms with Gasteiger partial charge in [-0.3, -0.25) is 9.48 Å². The van der Waals surface area contributed by atoms with E-state index in [0.717, 1.165) is 5.56 Å². The molecular weight excluding hydrogens is 363 g/mol. The van der Waals surface area contributed by atoms with E-state index >= 15 is 0 Å². The van der Waals surface area contributed by atoms with Gasteiger partial charge >= 0.3 is 6.18 Å². The molecule has 0 aliphatic carbocycles. The van der Waals surface area contributed by atoms with Gasteiger partial charge in [0.25, 0.3) is 5.91 Å². The molecule has 3 rings (SSSR count). The van der Waals surface area contributed by atoms with E-state index in [4.69, 9.17) is 9.47 Å². The Morgan fingerprint density at radius 1 is 1.37 bits per heavy atom. The number of carbonyl (C=O) groups excluding carboxylic acids is 1. The normalized spacial score (nSPS) is 13.9. The first-order chi connectivity index (χ1) is 12.9. The Bertz CT molecular complexity index is 818. The zero-order valence-corrected chi connectivity index (χ0v) is 14.8. The zero-order chi connectivity index (χ0) is 19.4. The number of nitrogens with one attached hydrogen (secondary N) is 1. The maximum atomic E-state index is 13.1. The van der Waals surface area contributed by atoms with Crippen LogP contribution in [0.4, 0.5) is 13.2 Å². The molecule has 1 N–H and O–H groups in total. The van der Waals surface area contributed by atoms with Crippen LogP contribution >= 0.6 is 0 Å². The number of halogens is 3. The second-order valence-corrected chi connectivity index (χ2v) is 6.20. The van der Waals surface area contributed by atoms with Gasteiger partial charge in [0.05, 0.1) is 19.8 Å². The Morgan fingerprint density at radius 2 is 2.15 bits per heavy atom. The van der Waals surface area contributed by atoms with Gasteiger partial charge in [0.15, 0.2) is 12.3 Å². The Balaban J connectivity index is 1.55. The number of benzene rings is 1. The number of hydrogen-bond acceptors (Lipinski definition) is 4. The van der Waals surface area contributed by atoms with Crippen molar-refractivity contribution in [1.82, 2.24) is 15.1 Å². The summed E-state index contributed by atoms with van der Waals surface area (Å²) >= 11 is 0. The van der Waals surface area contributed by atoms with E-state index in [2.05, 4.69) is 10.4 Å². The maximum absolute atomic E-state index is 13.1. The highest BCUT2D eigenvalue weighted by molar-refractivity contribution is 5.77. The fourth-order valence-corrected chi connectivity index (χ4v) is 2.94. The van der Waals surface area contributed by atoms with Gasteiger partial charge in [-0.15, -0.1) is 0 Å². The van der Waals surface area contributed by atoms with E-state index in [1.807, 2.05) is 25.1 Å². The van der Waals surface area contributed by atoms with E-state index in [1.54, 1.807) is 6.07 Å². The number of para-hydroxylation sites is 1. The summed E-state index contributed by atoms with van der Waals surface area (Å²) < 4.78 is 51.2.